The molecule has 0 heterocycles. The van der Waals surface area contributed by atoms with Crippen molar-refractivity contribution in [3.8, 4) is 5.75 Å². The van der Waals surface area contributed by atoms with Crippen LogP contribution in [0.25, 0.3) is 10.8 Å². The van der Waals surface area contributed by atoms with E-state index in [-0.39, 0.29) is 0 Å². The first-order valence-corrected chi connectivity index (χ1v) is 5.76. The Bertz CT molecular complexity index is 593. The highest BCUT2D eigenvalue weighted by Gasteiger charge is 2.05. The summed E-state index contributed by atoms with van der Waals surface area (Å²) in [4.78, 5) is 11.6. The minimum absolute atomic E-state index is 0.479. The molecule has 0 aliphatic carbocycles. The van der Waals surface area contributed by atoms with Crippen LogP contribution in [0.15, 0.2) is 54.2 Å². The van der Waals surface area contributed by atoms with Crippen LogP contribution in [0.1, 0.15) is 13.8 Å². The van der Waals surface area contributed by atoms with Gasteiger partial charge in [-0.3, -0.25) is 5.32 Å². The van der Waals surface area contributed by atoms with E-state index in [4.69, 9.17) is 4.74 Å². The van der Waals surface area contributed by atoms with E-state index in [1.165, 1.54) is 0 Å². The molecule has 0 aromatic heterocycles. The van der Waals surface area contributed by atoms with Crippen molar-refractivity contribution in [3.05, 3.63) is 54.2 Å². The molecule has 0 aliphatic rings. The molecule has 92 valence electrons. The highest BCUT2D eigenvalue weighted by Crippen LogP contribution is 2.25. The number of carbonyl (C=O) groups excluding carboxylic acids is 1. The summed E-state index contributed by atoms with van der Waals surface area (Å²) in [7, 11) is 0. The average Bonchev–Trinajstić information content (AvgIpc) is 2.37. The lowest BCUT2D eigenvalue weighted by Gasteiger charge is -2.07. The van der Waals surface area contributed by atoms with Crippen molar-refractivity contribution in [2.24, 2.45) is 0 Å². The van der Waals surface area contributed by atoms with Gasteiger partial charge in [-0.05, 0) is 25.3 Å². The summed E-state index contributed by atoms with van der Waals surface area (Å²) in [6.07, 6.45) is 1.14. The van der Waals surface area contributed by atoms with E-state index < -0.39 is 6.09 Å². The topological polar surface area (TPSA) is 38.3 Å². The van der Waals surface area contributed by atoms with Crippen molar-refractivity contribution in [2.45, 2.75) is 13.8 Å². The lowest BCUT2D eigenvalue weighted by atomic mass is 10.1. The monoisotopic (exact) mass is 241 g/mol. The van der Waals surface area contributed by atoms with E-state index in [1.54, 1.807) is 12.3 Å². The first kappa shape index (κ1) is 12.2. The number of rotatable bonds is 2. The summed E-state index contributed by atoms with van der Waals surface area (Å²) >= 11 is 0. The van der Waals surface area contributed by atoms with Gasteiger partial charge in [0.15, 0.2) is 0 Å². The lowest BCUT2D eigenvalue weighted by molar-refractivity contribution is 0.205. The summed E-state index contributed by atoms with van der Waals surface area (Å²) in [5.41, 5.74) is 1.00. The van der Waals surface area contributed by atoms with Crippen LogP contribution in [0.2, 0.25) is 0 Å². The number of benzene rings is 2. The van der Waals surface area contributed by atoms with Crippen molar-refractivity contribution in [1.29, 1.82) is 0 Å². The number of ether oxygens (including phenoxy) is 1. The highest BCUT2D eigenvalue weighted by atomic mass is 16.6. The maximum absolute atomic E-state index is 11.6. The van der Waals surface area contributed by atoms with E-state index in [9.17, 15) is 4.79 Å². The van der Waals surface area contributed by atoms with Crippen LogP contribution in [-0.2, 0) is 0 Å². The molecule has 1 amide bonds. The molecule has 3 heteroatoms. The van der Waals surface area contributed by atoms with E-state index in [2.05, 4.69) is 5.32 Å². The Labute approximate surface area is 106 Å². The Kier molecular flexibility index (Phi) is 3.63. The zero-order valence-corrected chi connectivity index (χ0v) is 10.4. The second-order valence-electron chi connectivity index (χ2n) is 4.23. The predicted octanol–water partition coefficient (Wildman–Crippen LogP) is 3.85. The Morgan fingerprint density at radius 2 is 1.83 bits per heavy atom. The number of allylic oxidation sites excluding steroid dienone is 1. The molecule has 0 bridgehead atoms. The van der Waals surface area contributed by atoms with E-state index in [0.717, 1.165) is 16.3 Å². The molecule has 0 aliphatic heterocycles. The third-order valence-corrected chi connectivity index (χ3v) is 2.43. The molecule has 0 spiro atoms. The zero-order chi connectivity index (χ0) is 13.0. The fraction of sp³-hybridized carbons (Fsp3) is 0.133. The van der Waals surface area contributed by atoms with Crippen LogP contribution in [0.3, 0.4) is 0 Å². The summed E-state index contributed by atoms with van der Waals surface area (Å²) in [5, 5.41) is 4.54. The molecule has 0 atom stereocenters. The zero-order valence-electron chi connectivity index (χ0n) is 10.4. The smallest absolute Gasteiger partial charge is 0.409 e. The summed E-state index contributed by atoms with van der Waals surface area (Å²) in [5.74, 6) is 0.563. The van der Waals surface area contributed by atoms with Gasteiger partial charge in [0.05, 0.1) is 0 Å². The number of carbonyl (C=O) groups is 1. The van der Waals surface area contributed by atoms with E-state index >= 15 is 0 Å². The highest BCUT2D eigenvalue weighted by molar-refractivity contribution is 5.90. The standard InChI is InChI=1S/C15H15NO2/c1-11(2)10-16-15(17)18-14-9-5-7-12-6-3-4-8-13(12)14/h3-10H,1-2H3,(H,16,17). The Morgan fingerprint density at radius 3 is 2.61 bits per heavy atom. The van der Waals surface area contributed by atoms with Crippen molar-refractivity contribution < 1.29 is 9.53 Å². The van der Waals surface area contributed by atoms with Gasteiger partial charge in [-0.15, -0.1) is 0 Å². The summed E-state index contributed by atoms with van der Waals surface area (Å²) in [6.45, 7) is 3.80. The number of hydrogen-bond acceptors (Lipinski definition) is 2. The van der Waals surface area contributed by atoms with E-state index in [0.29, 0.717) is 5.75 Å². The quantitative estimate of drug-likeness (QED) is 0.867. The van der Waals surface area contributed by atoms with Gasteiger partial charge in [0, 0.05) is 11.6 Å². The fourth-order valence-electron chi connectivity index (χ4n) is 1.62. The number of fused-ring (bicyclic) bond motifs is 1. The minimum Gasteiger partial charge on any atom is -0.409 e. The number of nitrogens with one attached hydrogen (secondary N) is 1. The van der Waals surface area contributed by atoms with Crippen molar-refractivity contribution in [1.82, 2.24) is 5.32 Å². The van der Waals surface area contributed by atoms with Gasteiger partial charge in [0.1, 0.15) is 5.75 Å². The van der Waals surface area contributed by atoms with Gasteiger partial charge in [-0.1, -0.05) is 42.0 Å². The van der Waals surface area contributed by atoms with Crippen LogP contribution in [0, 0.1) is 0 Å². The molecule has 0 fully saturated rings. The number of hydrogen-bond donors (Lipinski definition) is 1. The fourth-order valence-corrected chi connectivity index (χ4v) is 1.62. The van der Waals surface area contributed by atoms with Crippen LogP contribution in [0.5, 0.6) is 5.75 Å². The molecule has 2 rings (SSSR count). The first-order valence-electron chi connectivity index (χ1n) is 5.76. The SMILES string of the molecule is CC(C)=CNC(=O)Oc1cccc2ccccc12. The largest absolute Gasteiger partial charge is 0.416 e. The number of amides is 1. The average molecular weight is 241 g/mol. The lowest BCUT2D eigenvalue weighted by Crippen LogP contribution is -2.21. The molecular weight excluding hydrogens is 226 g/mol. The molecule has 0 saturated carbocycles. The van der Waals surface area contributed by atoms with Crippen LogP contribution in [0.4, 0.5) is 4.79 Å². The third kappa shape index (κ3) is 2.88. The van der Waals surface area contributed by atoms with Gasteiger partial charge in [-0.25, -0.2) is 4.79 Å². The Morgan fingerprint density at radius 1 is 1.11 bits per heavy atom. The van der Waals surface area contributed by atoms with Gasteiger partial charge >= 0.3 is 6.09 Å². The molecule has 0 saturated heterocycles. The van der Waals surface area contributed by atoms with Crippen LogP contribution < -0.4 is 10.1 Å². The second-order valence-corrected chi connectivity index (χ2v) is 4.23. The maximum atomic E-state index is 11.6. The second kappa shape index (κ2) is 5.36. The van der Waals surface area contributed by atoms with E-state index in [1.807, 2.05) is 50.2 Å². The summed E-state index contributed by atoms with van der Waals surface area (Å²) < 4.78 is 5.28. The van der Waals surface area contributed by atoms with Crippen LogP contribution >= 0.6 is 0 Å². The first-order chi connectivity index (χ1) is 8.66. The molecule has 2 aromatic rings. The summed E-state index contributed by atoms with van der Waals surface area (Å²) in [6, 6.07) is 13.4. The molecule has 0 unspecified atom stereocenters. The predicted molar refractivity (Wildman–Crippen MR) is 72.5 cm³/mol. The maximum Gasteiger partial charge on any atom is 0.416 e. The molecule has 2 aromatic carbocycles. The van der Waals surface area contributed by atoms with Gasteiger partial charge in [0.2, 0.25) is 0 Å². The van der Waals surface area contributed by atoms with Crippen LogP contribution in [-0.4, -0.2) is 6.09 Å². The van der Waals surface area contributed by atoms with Crippen molar-refractivity contribution >= 4 is 16.9 Å². The molecule has 1 N–H and O–H groups in total. The Hall–Kier alpha value is -2.29. The third-order valence-electron chi connectivity index (χ3n) is 2.43. The molecular formula is C15H15NO2. The molecule has 3 nitrogen and oxygen atoms in total. The van der Waals surface area contributed by atoms with Gasteiger partial charge < -0.3 is 4.74 Å². The van der Waals surface area contributed by atoms with Crippen molar-refractivity contribution in [3.63, 3.8) is 0 Å². The van der Waals surface area contributed by atoms with Gasteiger partial charge in [0.25, 0.3) is 0 Å². The van der Waals surface area contributed by atoms with Crippen molar-refractivity contribution in [2.75, 3.05) is 0 Å². The Balaban J connectivity index is 2.22. The minimum atomic E-state index is -0.479. The normalized spacial score (nSPS) is 9.89. The molecule has 0 radical (unpaired) electrons. The van der Waals surface area contributed by atoms with Gasteiger partial charge in [-0.2, -0.15) is 0 Å². The molecule has 18 heavy (non-hydrogen) atoms.